The monoisotopic (exact) mass is 440 g/mol. The lowest BCUT2D eigenvalue weighted by atomic mass is 9.90. The molecule has 164 valence electrons. The first kappa shape index (κ1) is 16.2. The van der Waals surface area contributed by atoms with Gasteiger partial charge >= 0.3 is 0 Å². The zero-order chi connectivity index (χ0) is 26.5. The predicted molar refractivity (Wildman–Crippen MR) is 132 cm³/mol. The van der Waals surface area contributed by atoms with Crippen LogP contribution in [0, 0.1) is 18.2 Å². The smallest absolute Gasteiger partial charge is 0.216 e. The third kappa shape index (κ3) is 3.18. The Morgan fingerprint density at radius 1 is 0.939 bits per heavy atom. The largest absolute Gasteiger partial charge is 0.454 e. The Hall–Kier alpha value is -3.46. The summed E-state index contributed by atoms with van der Waals surface area (Å²) < 4.78 is 58.4. The Kier molecular flexibility index (Phi) is 3.44. The van der Waals surface area contributed by atoms with Gasteiger partial charge in [-0.3, -0.25) is 0 Å². The van der Waals surface area contributed by atoms with Crippen LogP contribution in [0.2, 0.25) is 0 Å². The lowest BCUT2D eigenvalue weighted by Gasteiger charge is -2.14. The number of halogens is 1. The summed E-state index contributed by atoms with van der Waals surface area (Å²) in [7, 11) is 1.97. The number of furan rings is 1. The highest BCUT2D eigenvalue weighted by atomic mass is 19.1. The summed E-state index contributed by atoms with van der Waals surface area (Å²) in [4.78, 5) is 0. The van der Waals surface area contributed by atoms with Crippen LogP contribution in [-0.2, 0) is 19.8 Å². The molecule has 6 rings (SSSR count). The number of pyridine rings is 1. The van der Waals surface area contributed by atoms with Gasteiger partial charge in [0, 0.05) is 34.0 Å². The molecule has 0 N–H and O–H groups in total. The van der Waals surface area contributed by atoms with E-state index in [0.717, 1.165) is 22.2 Å². The molecule has 1 aliphatic rings. The van der Waals surface area contributed by atoms with Crippen LogP contribution >= 0.6 is 0 Å². The second kappa shape index (κ2) is 7.02. The van der Waals surface area contributed by atoms with Gasteiger partial charge in [0.1, 0.15) is 24.0 Å². The third-order valence-electron chi connectivity index (χ3n) is 6.45. The van der Waals surface area contributed by atoms with Crippen LogP contribution in [0.15, 0.2) is 71.3 Å². The molecule has 1 aliphatic carbocycles. The molecular formula is C30H27FNO+. The minimum Gasteiger partial charge on any atom is -0.454 e. The first-order chi connectivity index (χ1) is 17.4. The van der Waals surface area contributed by atoms with Crippen molar-refractivity contribution in [2.75, 3.05) is 0 Å². The van der Waals surface area contributed by atoms with Crippen molar-refractivity contribution in [2.24, 2.45) is 12.5 Å². The van der Waals surface area contributed by atoms with Crippen molar-refractivity contribution < 1.29 is 18.9 Å². The number of fused-ring (bicyclic) bond motifs is 4. The molecule has 2 nitrogen and oxygen atoms in total. The summed E-state index contributed by atoms with van der Waals surface area (Å²) in [5.41, 5.74) is 4.57. The second-order valence-electron chi connectivity index (χ2n) is 9.40. The molecule has 0 atom stereocenters. The molecule has 2 heterocycles. The van der Waals surface area contributed by atoms with Crippen molar-refractivity contribution in [3.8, 4) is 22.4 Å². The molecule has 0 amide bonds. The lowest BCUT2D eigenvalue weighted by Crippen LogP contribution is -2.30. The molecule has 33 heavy (non-hydrogen) atoms. The highest BCUT2D eigenvalue weighted by Gasteiger charge is 2.29. The van der Waals surface area contributed by atoms with Crippen LogP contribution in [-0.4, -0.2) is 0 Å². The van der Waals surface area contributed by atoms with Crippen LogP contribution in [0.25, 0.3) is 44.3 Å². The van der Waals surface area contributed by atoms with Gasteiger partial charge in [0.2, 0.25) is 5.69 Å². The van der Waals surface area contributed by atoms with E-state index in [1.807, 2.05) is 55.1 Å². The first-order valence-electron chi connectivity index (χ1n) is 13.1. The van der Waals surface area contributed by atoms with Crippen molar-refractivity contribution in [3.05, 3.63) is 89.4 Å². The van der Waals surface area contributed by atoms with E-state index in [2.05, 4.69) is 0 Å². The van der Waals surface area contributed by atoms with Crippen LogP contribution < -0.4 is 4.57 Å². The third-order valence-corrected chi connectivity index (χ3v) is 6.45. The quantitative estimate of drug-likeness (QED) is 0.263. The Morgan fingerprint density at radius 2 is 1.76 bits per heavy atom. The van der Waals surface area contributed by atoms with Gasteiger partial charge in [-0.2, -0.15) is 0 Å². The fourth-order valence-corrected chi connectivity index (χ4v) is 4.95. The number of nitrogens with zero attached hydrogens (tertiary/aromatic N) is 1. The summed E-state index contributed by atoms with van der Waals surface area (Å²) in [6, 6.07) is 17.8. The molecule has 0 spiro atoms. The zero-order valence-corrected chi connectivity index (χ0v) is 19.1. The van der Waals surface area contributed by atoms with Crippen LogP contribution in [0.4, 0.5) is 4.39 Å². The van der Waals surface area contributed by atoms with E-state index in [1.165, 1.54) is 12.1 Å². The van der Waals surface area contributed by atoms with E-state index in [4.69, 9.17) is 9.90 Å². The normalized spacial score (nSPS) is 19.7. The van der Waals surface area contributed by atoms with Crippen molar-refractivity contribution >= 4 is 21.9 Å². The maximum absolute atomic E-state index is 15.0. The summed E-state index contributed by atoms with van der Waals surface area (Å²) in [5, 5.41) is 1.44. The standard InChI is InChI=1S/C30H27FNO/c1-18-8-11-23-25-15-22(31)14-24(19-9-10-20-16-30(2,3)17-21(20)13-19)28(25)33-29(23)27(18)26-7-5-6-12-32(26)4/h5-15H,16-17H2,1-4H3/q+1/i16D2,17D2. The Balaban J connectivity index is 1.65. The average Bonchev–Trinajstić information content (AvgIpc) is 3.25. The maximum Gasteiger partial charge on any atom is 0.216 e. The molecule has 3 aromatic carbocycles. The predicted octanol–water partition coefficient (Wildman–Crippen LogP) is 7.32. The number of hydrogen-bond donors (Lipinski definition) is 0. The van der Waals surface area contributed by atoms with Crippen LogP contribution in [0.5, 0.6) is 0 Å². The number of benzene rings is 3. The molecule has 3 heteroatoms. The fraction of sp³-hybridized carbons (Fsp3) is 0.233. The molecule has 0 saturated carbocycles. The topological polar surface area (TPSA) is 17.0 Å². The Bertz CT molecular complexity index is 1750. The molecule has 2 aromatic heterocycles. The maximum atomic E-state index is 15.0. The second-order valence-corrected chi connectivity index (χ2v) is 9.40. The highest BCUT2D eigenvalue weighted by molar-refractivity contribution is 6.13. The van der Waals surface area contributed by atoms with Gasteiger partial charge in [-0.05, 0) is 65.5 Å². The number of aryl methyl sites for hydroxylation is 2. The lowest BCUT2D eigenvalue weighted by molar-refractivity contribution is -0.660. The van der Waals surface area contributed by atoms with Gasteiger partial charge in [0.05, 0.1) is 5.56 Å². The minimum atomic E-state index is -1.91. The van der Waals surface area contributed by atoms with E-state index < -0.39 is 24.0 Å². The van der Waals surface area contributed by atoms with Gasteiger partial charge < -0.3 is 4.42 Å². The molecular weight excluding hydrogens is 409 g/mol. The Labute approximate surface area is 198 Å². The van der Waals surface area contributed by atoms with Gasteiger partial charge in [0.25, 0.3) is 0 Å². The van der Waals surface area contributed by atoms with Gasteiger partial charge in [-0.25, -0.2) is 8.96 Å². The molecule has 0 aliphatic heterocycles. The van der Waals surface area contributed by atoms with Gasteiger partial charge in [0.15, 0.2) is 6.20 Å². The SMILES string of the molecule is [2H]C1([2H])c2ccc(-c3cc(F)cc4c3oc3c(-c5cccc[n+]5C)c(C)ccc34)cc2C([2H])([2H])C1(C)C. The van der Waals surface area contributed by atoms with Crippen molar-refractivity contribution in [1.82, 2.24) is 0 Å². The van der Waals surface area contributed by atoms with Crippen molar-refractivity contribution in [3.63, 3.8) is 0 Å². The summed E-state index contributed by atoms with van der Waals surface area (Å²) in [6.45, 7) is 5.24. The molecule has 0 unspecified atom stereocenters. The van der Waals surface area contributed by atoms with Crippen LogP contribution in [0.3, 0.4) is 0 Å². The van der Waals surface area contributed by atoms with Crippen LogP contribution in [0.1, 0.15) is 36.0 Å². The first-order valence-corrected chi connectivity index (χ1v) is 11.1. The van der Waals surface area contributed by atoms with Gasteiger partial charge in [-0.15, -0.1) is 0 Å². The molecule has 0 radical (unpaired) electrons. The zero-order valence-electron chi connectivity index (χ0n) is 23.1. The van der Waals surface area contributed by atoms with Gasteiger partial charge in [-0.1, -0.05) is 44.2 Å². The summed E-state index contributed by atoms with van der Waals surface area (Å²) in [5.74, 6) is -0.420. The number of rotatable bonds is 2. The minimum absolute atomic E-state index is 0.293. The summed E-state index contributed by atoms with van der Waals surface area (Å²) in [6.07, 6.45) is -1.78. The molecule has 5 aromatic rings. The number of aromatic nitrogens is 1. The number of hydrogen-bond acceptors (Lipinski definition) is 1. The summed E-state index contributed by atoms with van der Waals surface area (Å²) >= 11 is 0. The van der Waals surface area contributed by atoms with E-state index in [1.54, 1.807) is 32.0 Å². The Morgan fingerprint density at radius 3 is 2.58 bits per heavy atom. The fourth-order valence-electron chi connectivity index (χ4n) is 4.95. The average molecular weight is 441 g/mol. The van der Waals surface area contributed by atoms with E-state index in [0.29, 0.717) is 38.8 Å². The van der Waals surface area contributed by atoms with E-state index >= 15 is 4.39 Å². The molecule has 0 saturated heterocycles. The van der Waals surface area contributed by atoms with E-state index in [9.17, 15) is 0 Å². The van der Waals surface area contributed by atoms with Crippen molar-refractivity contribution in [2.45, 2.75) is 33.5 Å². The molecule has 0 bridgehead atoms. The highest BCUT2D eigenvalue weighted by Crippen LogP contribution is 2.43. The van der Waals surface area contributed by atoms with E-state index in [-0.39, 0.29) is 0 Å². The van der Waals surface area contributed by atoms with Crippen molar-refractivity contribution in [1.29, 1.82) is 0 Å². The molecule has 0 fully saturated rings.